The Morgan fingerprint density at radius 3 is 3.00 bits per heavy atom. The van der Waals surface area contributed by atoms with Crippen LogP contribution in [0, 0.1) is 6.92 Å². The Labute approximate surface area is 111 Å². The van der Waals surface area contributed by atoms with Crippen LogP contribution in [0.15, 0.2) is 22.6 Å². The van der Waals surface area contributed by atoms with Crippen LogP contribution in [-0.2, 0) is 11.2 Å². The molecule has 0 saturated carbocycles. The summed E-state index contributed by atoms with van der Waals surface area (Å²) in [4.78, 5) is 17.2. The first-order valence-corrected chi connectivity index (χ1v) is 6.29. The fraction of sp³-hybridized carbons (Fsp3) is 0.385. The van der Waals surface area contributed by atoms with Gasteiger partial charge in [0.25, 0.3) is 0 Å². The number of halogens is 1. The molecule has 1 amide bonds. The van der Waals surface area contributed by atoms with Crippen LogP contribution in [0.4, 0.5) is 0 Å². The number of likely N-dealkylation sites (N-methyl/N-ethyl adjacent to an activating group) is 1. The highest BCUT2D eigenvalue weighted by atomic mass is 35.5. The van der Waals surface area contributed by atoms with Crippen LogP contribution in [0.1, 0.15) is 11.5 Å². The molecule has 0 radical (unpaired) electrons. The van der Waals surface area contributed by atoms with Crippen molar-refractivity contribution in [1.29, 1.82) is 0 Å². The number of carbonyl (C=O) groups excluding carboxylic acids is 1. The number of amides is 1. The van der Waals surface area contributed by atoms with Gasteiger partial charge in [0.2, 0.25) is 5.91 Å². The molecule has 0 spiro atoms. The quantitative estimate of drug-likeness (QED) is 0.798. The number of aryl methyl sites for hydroxylation is 1. The van der Waals surface area contributed by atoms with Gasteiger partial charge in [-0.1, -0.05) is 6.07 Å². The topological polar surface area (TPSA) is 46.3 Å². The van der Waals surface area contributed by atoms with Crippen LogP contribution in [0.5, 0.6) is 0 Å². The molecular weight excluding hydrogens is 252 g/mol. The molecule has 0 fully saturated rings. The van der Waals surface area contributed by atoms with Crippen LogP contribution >= 0.6 is 11.6 Å². The molecule has 2 aromatic rings. The number of fused-ring (bicyclic) bond motifs is 1. The second-order valence-corrected chi connectivity index (χ2v) is 4.50. The Morgan fingerprint density at radius 1 is 1.50 bits per heavy atom. The highest BCUT2D eigenvalue weighted by Gasteiger charge is 2.08. The Hall–Kier alpha value is -1.55. The van der Waals surface area contributed by atoms with Crippen LogP contribution in [-0.4, -0.2) is 35.3 Å². The van der Waals surface area contributed by atoms with Gasteiger partial charge in [-0.15, -0.1) is 11.6 Å². The highest BCUT2D eigenvalue weighted by Crippen LogP contribution is 2.17. The maximum absolute atomic E-state index is 11.3. The summed E-state index contributed by atoms with van der Waals surface area (Å²) >= 11 is 5.50. The van der Waals surface area contributed by atoms with Gasteiger partial charge in [-0.25, -0.2) is 4.98 Å². The molecule has 2 rings (SSSR count). The summed E-state index contributed by atoms with van der Waals surface area (Å²) in [5.74, 6) is 0.629. The lowest BCUT2D eigenvalue weighted by Crippen LogP contribution is -2.29. The first kappa shape index (κ1) is 12.9. The Morgan fingerprint density at radius 2 is 2.28 bits per heavy atom. The maximum Gasteiger partial charge on any atom is 0.237 e. The minimum Gasteiger partial charge on any atom is -0.441 e. The fourth-order valence-corrected chi connectivity index (χ4v) is 1.97. The van der Waals surface area contributed by atoms with Crippen molar-refractivity contribution in [3.8, 4) is 0 Å². The molecule has 0 atom stereocenters. The van der Waals surface area contributed by atoms with Crippen molar-refractivity contribution in [2.45, 2.75) is 13.3 Å². The number of rotatable bonds is 4. The van der Waals surface area contributed by atoms with Crippen molar-refractivity contribution in [3.63, 3.8) is 0 Å². The number of nitrogens with zero attached hydrogens (tertiary/aromatic N) is 2. The van der Waals surface area contributed by atoms with Crippen LogP contribution in [0.3, 0.4) is 0 Å². The number of aromatic nitrogens is 1. The summed E-state index contributed by atoms with van der Waals surface area (Å²) < 4.78 is 5.41. The summed E-state index contributed by atoms with van der Waals surface area (Å²) in [6, 6.07) is 5.89. The summed E-state index contributed by atoms with van der Waals surface area (Å²) in [6.07, 6.45) is 0.779. The lowest BCUT2D eigenvalue weighted by atomic mass is 10.1. The third-order valence-electron chi connectivity index (χ3n) is 2.83. The van der Waals surface area contributed by atoms with Gasteiger partial charge in [-0.2, -0.15) is 0 Å². The molecule has 1 aromatic carbocycles. The predicted octanol–water partition coefficient (Wildman–Crippen LogP) is 2.38. The first-order chi connectivity index (χ1) is 8.60. The van der Waals surface area contributed by atoms with Gasteiger partial charge in [-0.05, 0) is 24.1 Å². The molecule has 0 unspecified atom stereocenters. The van der Waals surface area contributed by atoms with Gasteiger partial charge in [0, 0.05) is 20.5 Å². The molecule has 1 heterocycles. The lowest BCUT2D eigenvalue weighted by molar-refractivity contribution is -0.127. The predicted molar refractivity (Wildman–Crippen MR) is 70.8 cm³/mol. The van der Waals surface area contributed by atoms with Gasteiger partial charge >= 0.3 is 0 Å². The number of alkyl halides is 1. The molecule has 5 heteroatoms. The minimum absolute atomic E-state index is 0.0258. The third kappa shape index (κ3) is 2.82. The van der Waals surface area contributed by atoms with Gasteiger partial charge in [0.05, 0.1) is 0 Å². The summed E-state index contributed by atoms with van der Waals surface area (Å²) in [7, 11) is 1.75. The normalized spacial score (nSPS) is 10.8. The largest absolute Gasteiger partial charge is 0.441 e. The average Bonchev–Trinajstić information content (AvgIpc) is 2.74. The molecule has 0 bridgehead atoms. The minimum atomic E-state index is -0.0602. The Bertz CT molecular complexity index is 565. The molecule has 96 valence electrons. The van der Waals surface area contributed by atoms with Gasteiger partial charge < -0.3 is 9.32 Å². The molecule has 18 heavy (non-hydrogen) atoms. The van der Waals surface area contributed by atoms with E-state index in [-0.39, 0.29) is 11.8 Å². The molecule has 4 nitrogen and oxygen atoms in total. The van der Waals surface area contributed by atoms with Crippen molar-refractivity contribution < 1.29 is 9.21 Å². The second kappa shape index (κ2) is 5.40. The standard InChI is InChI=1S/C13H15ClN2O2/c1-9-15-11-7-10(3-4-12(11)18-9)5-6-16(2)13(17)8-14/h3-4,7H,5-6,8H2,1-2H3. The van der Waals surface area contributed by atoms with E-state index in [9.17, 15) is 4.79 Å². The molecule has 0 aliphatic heterocycles. The zero-order valence-electron chi connectivity index (χ0n) is 10.4. The fourth-order valence-electron chi connectivity index (χ4n) is 1.77. The Kier molecular flexibility index (Phi) is 3.87. The smallest absolute Gasteiger partial charge is 0.237 e. The van der Waals surface area contributed by atoms with Gasteiger partial charge in [0.15, 0.2) is 11.5 Å². The average molecular weight is 267 g/mol. The van der Waals surface area contributed by atoms with E-state index in [2.05, 4.69) is 4.98 Å². The molecule has 1 aromatic heterocycles. The highest BCUT2D eigenvalue weighted by molar-refractivity contribution is 6.27. The van der Waals surface area contributed by atoms with E-state index in [0.29, 0.717) is 12.4 Å². The monoisotopic (exact) mass is 266 g/mol. The summed E-state index contributed by atoms with van der Waals surface area (Å²) in [5, 5.41) is 0. The van der Waals surface area contributed by atoms with Crippen molar-refractivity contribution in [2.75, 3.05) is 19.5 Å². The Balaban J connectivity index is 2.05. The lowest BCUT2D eigenvalue weighted by Gasteiger charge is -2.15. The third-order valence-corrected chi connectivity index (χ3v) is 3.06. The molecule has 0 aliphatic carbocycles. The summed E-state index contributed by atoms with van der Waals surface area (Å²) in [6.45, 7) is 2.47. The second-order valence-electron chi connectivity index (χ2n) is 4.23. The van der Waals surface area contributed by atoms with E-state index in [1.165, 1.54) is 0 Å². The van der Waals surface area contributed by atoms with E-state index in [0.717, 1.165) is 23.1 Å². The van der Waals surface area contributed by atoms with Crippen LogP contribution < -0.4 is 0 Å². The SMILES string of the molecule is Cc1nc2cc(CCN(C)C(=O)CCl)ccc2o1. The number of carbonyl (C=O) groups is 1. The number of benzene rings is 1. The van der Waals surface area contributed by atoms with E-state index in [1.807, 2.05) is 25.1 Å². The maximum atomic E-state index is 11.3. The molecular formula is C13H15ClN2O2. The first-order valence-electron chi connectivity index (χ1n) is 5.76. The zero-order chi connectivity index (χ0) is 13.1. The van der Waals surface area contributed by atoms with Crippen LogP contribution in [0.25, 0.3) is 11.1 Å². The van der Waals surface area contributed by atoms with Crippen molar-refractivity contribution >= 4 is 28.6 Å². The number of oxazole rings is 1. The number of hydrogen-bond acceptors (Lipinski definition) is 3. The molecule has 0 N–H and O–H groups in total. The van der Waals surface area contributed by atoms with Gasteiger partial charge in [0.1, 0.15) is 11.4 Å². The summed E-state index contributed by atoms with van der Waals surface area (Å²) in [5.41, 5.74) is 2.78. The van der Waals surface area contributed by atoms with E-state index in [1.54, 1.807) is 11.9 Å². The van der Waals surface area contributed by atoms with E-state index in [4.69, 9.17) is 16.0 Å². The van der Waals surface area contributed by atoms with Crippen LogP contribution in [0.2, 0.25) is 0 Å². The van der Waals surface area contributed by atoms with E-state index >= 15 is 0 Å². The molecule has 0 aliphatic rings. The van der Waals surface area contributed by atoms with E-state index < -0.39 is 0 Å². The number of hydrogen-bond donors (Lipinski definition) is 0. The van der Waals surface area contributed by atoms with Crippen molar-refractivity contribution in [3.05, 3.63) is 29.7 Å². The van der Waals surface area contributed by atoms with Crippen molar-refractivity contribution in [2.24, 2.45) is 0 Å². The van der Waals surface area contributed by atoms with Gasteiger partial charge in [-0.3, -0.25) is 4.79 Å². The van der Waals surface area contributed by atoms with Crippen molar-refractivity contribution in [1.82, 2.24) is 9.88 Å². The molecule has 0 saturated heterocycles. The zero-order valence-corrected chi connectivity index (χ0v) is 11.2.